The van der Waals surface area contributed by atoms with Crippen LogP contribution in [0.15, 0.2) is 12.3 Å². The molecule has 7 nitrogen and oxygen atoms in total. The van der Waals surface area contributed by atoms with Crippen LogP contribution in [0.5, 0.6) is 0 Å². The summed E-state index contributed by atoms with van der Waals surface area (Å²) in [5.41, 5.74) is -0.433. The van der Waals surface area contributed by atoms with E-state index < -0.39 is 23.3 Å². The van der Waals surface area contributed by atoms with Gasteiger partial charge in [-0.2, -0.15) is 0 Å². The third-order valence-electron chi connectivity index (χ3n) is 3.46. The highest BCUT2D eigenvalue weighted by Gasteiger charge is 2.62. The molecule has 0 aromatic carbocycles. The van der Waals surface area contributed by atoms with Gasteiger partial charge in [-0.1, -0.05) is 0 Å². The van der Waals surface area contributed by atoms with Gasteiger partial charge in [-0.15, -0.1) is 0 Å². The zero-order valence-corrected chi connectivity index (χ0v) is 10.3. The molecule has 4 amide bonds. The van der Waals surface area contributed by atoms with Crippen molar-refractivity contribution in [2.24, 2.45) is 5.41 Å². The Kier molecular flexibility index (Phi) is 2.38. The molecule has 19 heavy (non-hydrogen) atoms. The SMILES string of the molecule is Cc1nccc(CN2C(=O)NC(=O)C3(CC3)C2=O)n1. The Labute approximate surface area is 109 Å². The number of nitrogens with zero attached hydrogens (tertiary/aromatic N) is 3. The molecule has 0 atom stereocenters. The third kappa shape index (κ3) is 1.78. The largest absolute Gasteiger partial charge is 0.331 e. The van der Waals surface area contributed by atoms with E-state index in [0.29, 0.717) is 24.4 Å². The van der Waals surface area contributed by atoms with Crippen LogP contribution in [0.4, 0.5) is 4.79 Å². The number of nitrogens with one attached hydrogen (secondary N) is 1. The molecule has 2 heterocycles. The first-order valence-electron chi connectivity index (χ1n) is 5.99. The smallest absolute Gasteiger partial charge is 0.277 e. The minimum atomic E-state index is -1.00. The minimum Gasteiger partial charge on any atom is -0.277 e. The zero-order valence-electron chi connectivity index (χ0n) is 10.3. The molecule has 1 saturated carbocycles. The molecule has 2 fully saturated rings. The minimum absolute atomic E-state index is 0.0586. The Bertz CT molecular complexity index is 594. The molecule has 1 N–H and O–H groups in total. The molecule has 1 aliphatic carbocycles. The number of aromatic nitrogens is 2. The van der Waals surface area contributed by atoms with Gasteiger partial charge in [-0.05, 0) is 25.8 Å². The van der Waals surface area contributed by atoms with Crippen molar-refractivity contribution in [3.8, 4) is 0 Å². The van der Waals surface area contributed by atoms with Gasteiger partial charge in [0.1, 0.15) is 11.2 Å². The summed E-state index contributed by atoms with van der Waals surface area (Å²) in [6.45, 7) is 1.79. The van der Waals surface area contributed by atoms with E-state index in [4.69, 9.17) is 0 Å². The highest BCUT2D eigenvalue weighted by molar-refractivity contribution is 6.20. The van der Waals surface area contributed by atoms with Crippen LogP contribution in [-0.4, -0.2) is 32.7 Å². The Hall–Kier alpha value is -2.31. The van der Waals surface area contributed by atoms with Crippen LogP contribution in [0, 0.1) is 12.3 Å². The average Bonchev–Trinajstić information content (AvgIpc) is 3.15. The van der Waals surface area contributed by atoms with Crippen LogP contribution in [0.2, 0.25) is 0 Å². The van der Waals surface area contributed by atoms with E-state index in [1.54, 1.807) is 19.2 Å². The van der Waals surface area contributed by atoms with Gasteiger partial charge in [0.15, 0.2) is 0 Å². The fourth-order valence-electron chi connectivity index (χ4n) is 2.20. The summed E-state index contributed by atoms with van der Waals surface area (Å²) >= 11 is 0. The predicted molar refractivity (Wildman–Crippen MR) is 62.5 cm³/mol. The van der Waals surface area contributed by atoms with E-state index in [9.17, 15) is 14.4 Å². The highest BCUT2D eigenvalue weighted by Crippen LogP contribution is 2.49. The van der Waals surface area contributed by atoms with Crippen LogP contribution < -0.4 is 5.32 Å². The number of carbonyl (C=O) groups excluding carboxylic acids is 3. The van der Waals surface area contributed by atoms with Gasteiger partial charge >= 0.3 is 6.03 Å². The Morgan fingerprint density at radius 2 is 2.11 bits per heavy atom. The number of hydrogen-bond donors (Lipinski definition) is 1. The average molecular weight is 260 g/mol. The lowest BCUT2D eigenvalue weighted by molar-refractivity contribution is -0.145. The van der Waals surface area contributed by atoms with Gasteiger partial charge in [0, 0.05) is 6.20 Å². The van der Waals surface area contributed by atoms with E-state index in [2.05, 4.69) is 15.3 Å². The summed E-state index contributed by atoms with van der Waals surface area (Å²) in [5, 5.41) is 2.23. The van der Waals surface area contributed by atoms with Crippen molar-refractivity contribution in [3.63, 3.8) is 0 Å². The van der Waals surface area contributed by atoms with Crippen LogP contribution in [0.1, 0.15) is 24.4 Å². The lowest BCUT2D eigenvalue weighted by atomic mass is 10.0. The molecule has 0 bridgehead atoms. The normalized spacial score (nSPS) is 20.7. The second-order valence-corrected chi connectivity index (χ2v) is 4.83. The second-order valence-electron chi connectivity index (χ2n) is 4.83. The van der Waals surface area contributed by atoms with Crippen LogP contribution in [-0.2, 0) is 16.1 Å². The first-order valence-corrected chi connectivity index (χ1v) is 5.99. The number of hydrogen-bond acceptors (Lipinski definition) is 5. The maximum Gasteiger partial charge on any atom is 0.331 e. The molecule has 1 aliphatic heterocycles. The van der Waals surface area contributed by atoms with Gasteiger partial charge < -0.3 is 0 Å². The van der Waals surface area contributed by atoms with Gasteiger partial charge in [0.2, 0.25) is 11.8 Å². The molecule has 0 radical (unpaired) electrons. The molecule has 1 spiro atoms. The molecule has 0 unspecified atom stereocenters. The van der Waals surface area contributed by atoms with Crippen molar-refractivity contribution in [3.05, 3.63) is 23.8 Å². The lowest BCUT2D eigenvalue weighted by Gasteiger charge is -2.29. The molecule has 7 heteroatoms. The Morgan fingerprint density at radius 1 is 1.37 bits per heavy atom. The van der Waals surface area contributed by atoms with Crippen molar-refractivity contribution >= 4 is 17.8 Å². The maximum atomic E-state index is 12.2. The van der Waals surface area contributed by atoms with Crippen molar-refractivity contribution in [1.29, 1.82) is 0 Å². The maximum absolute atomic E-state index is 12.2. The summed E-state index contributed by atoms with van der Waals surface area (Å²) < 4.78 is 0. The number of aryl methyl sites for hydroxylation is 1. The summed E-state index contributed by atoms with van der Waals surface area (Å²) in [6, 6.07) is 0.965. The predicted octanol–water partition coefficient (Wildman–Crippen LogP) is 0.144. The molecule has 3 rings (SSSR count). The molecule has 1 saturated heterocycles. The van der Waals surface area contributed by atoms with Gasteiger partial charge in [0.25, 0.3) is 0 Å². The summed E-state index contributed by atoms with van der Waals surface area (Å²) in [4.78, 5) is 44.8. The monoisotopic (exact) mass is 260 g/mol. The summed E-state index contributed by atoms with van der Waals surface area (Å²) in [5.74, 6) is -0.324. The zero-order chi connectivity index (χ0) is 13.6. The van der Waals surface area contributed by atoms with Crippen LogP contribution >= 0.6 is 0 Å². The van der Waals surface area contributed by atoms with Crippen molar-refractivity contribution in [1.82, 2.24) is 20.2 Å². The van der Waals surface area contributed by atoms with Crippen LogP contribution in [0.3, 0.4) is 0 Å². The molecule has 1 aromatic heterocycles. The molecule has 2 aliphatic rings. The second kappa shape index (κ2) is 3.84. The topological polar surface area (TPSA) is 92.3 Å². The van der Waals surface area contributed by atoms with Crippen LogP contribution in [0.25, 0.3) is 0 Å². The number of amides is 4. The van der Waals surface area contributed by atoms with Gasteiger partial charge in [-0.25, -0.2) is 14.8 Å². The molecule has 98 valence electrons. The Morgan fingerprint density at radius 3 is 2.74 bits per heavy atom. The standard InChI is InChI=1S/C12H12N4O3/c1-7-13-5-2-8(14-7)6-16-10(18)12(3-4-12)9(17)15-11(16)19/h2,5H,3-4,6H2,1H3,(H,15,17,19). The number of rotatable bonds is 2. The summed E-state index contributed by atoms with van der Waals surface area (Å²) in [6.07, 6.45) is 2.58. The first-order chi connectivity index (χ1) is 9.03. The fraction of sp³-hybridized carbons (Fsp3) is 0.417. The van der Waals surface area contributed by atoms with E-state index in [1.807, 2.05) is 0 Å². The Balaban J connectivity index is 1.86. The number of imide groups is 2. The molecular weight excluding hydrogens is 248 g/mol. The van der Waals surface area contributed by atoms with E-state index in [0.717, 1.165) is 4.90 Å². The highest BCUT2D eigenvalue weighted by atomic mass is 16.2. The molecular formula is C12H12N4O3. The van der Waals surface area contributed by atoms with Crippen molar-refractivity contribution in [2.75, 3.05) is 0 Å². The quantitative estimate of drug-likeness (QED) is 0.764. The van der Waals surface area contributed by atoms with Gasteiger partial charge in [0.05, 0.1) is 12.2 Å². The van der Waals surface area contributed by atoms with Crippen molar-refractivity contribution < 1.29 is 14.4 Å². The molecule has 1 aromatic rings. The first kappa shape index (κ1) is 11.8. The third-order valence-corrected chi connectivity index (χ3v) is 3.46. The van der Waals surface area contributed by atoms with E-state index in [1.165, 1.54) is 0 Å². The van der Waals surface area contributed by atoms with E-state index in [-0.39, 0.29) is 6.54 Å². The summed E-state index contributed by atoms with van der Waals surface area (Å²) in [7, 11) is 0. The number of carbonyl (C=O) groups is 3. The van der Waals surface area contributed by atoms with E-state index >= 15 is 0 Å². The van der Waals surface area contributed by atoms with Gasteiger partial charge in [-0.3, -0.25) is 19.8 Å². The fourth-order valence-corrected chi connectivity index (χ4v) is 2.20. The van der Waals surface area contributed by atoms with Crippen molar-refractivity contribution in [2.45, 2.75) is 26.3 Å². The number of barbiturate groups is 1. The lowest BCUT2D eigenvalue weighted by Crippen LogP contribution is -2.58. The number of urea groups is 1.